The van der Waals surface area contributed by atoms with E-state index in [9.17, 15) is 14.9 Å². The third-order valence-electron chi connectivity index (χ3n) is 4.50. The van der Waals surface area contributed by atoms with E-state index < -0.39 is 4.92 Å². The molecule has 0 bridgehead atoms. The maximum absolute atomic E-state index is 13.1. The van der Waals surface area contributed by atoms with Crippen LogP contribution in [0.3, 0.4) is 0 Å². The van der Waals surface area contributed by atoms with Gasteiger partial charge in [0.2, 0.25) is 5.91 Å². The molecule has 29 heavy (non-hydrogen) atoms. The summed E-state index contributed by atoms with van der Waals surface area (Å²) in [6.07, 6.45) is 0.231. The molecular weight excluding hydrogens is 386 g/mol. The van der Waals surface area contributed by atoms with Gasteiger partial charge in [-0.15, -0.1) is 0 Å². The fraction of sp³-hybridized carbons (Fsp3) is 0.0909. The van der Waals surface area contributed by atoms with E-state index in [4.69, 9.17) is 4.99 Å². The summed E-state index contributed by atoms with van der Waals surface area (Å²) in [5.41, 5.74) is 2.24. The molecule has 1 saturated heterocycles. The Morgan fingerprint density at radius 2 is 1.66 bits per heavy atom. The first-order chi connectivity index (χ1) is 14.1. The van der Waals surface area contributed by atoms with Gasteiger partial charge in [-0.1, -0.05) is 60.3 Å². The number of carbonyl (C=O) groups excluding carboxylic acids is 1. The van der Waals surface area contributed by atoms with Gasteiger partial charge >= 0.3 is 0 Å². The van der Waals surface area contributed by atoms with Crippen LogP contribution in [0.2, 0.25) is 0 Å². The number of rotatable bonds is 4. The van der Waals surface area contributed by atoms with Crippen LogP contribution in [-0.2, 0) is 4.79 Å². The number of carbonyl (C=O) groups is 1. The lowest BCUT2D eigenvalue weighted by Crippen LogP contribution is -2.40. The van der Waals surface area contributed by atoms with Crippen LogP contribution in [0.5, 0.6) is 0 Å². The Morgan fingerprint density at radius 3 is 2.34 bits per heavy atom. The van der Waals surface area contributed by atoms with Crippen molar-refractivity contribution in [3.05, 3.63) is 101 Å². The standard InChI is InChI=1S/C22H17N3O3S/c26-21-15-20(16-8-7-13-19(14-16)25(27)28)29-22(23-17-9-3-1-4-10-17)24(21)18-11-5-2-6-12-18/h1-14,20H,15H2/t20-/m0/s1. The van der Waals surface area contributed by atoms with E-state index >= 15 is 0 Å². The smallest absolute Gasteiger partial charge is 0.269 e. The minimum atomic E-state index is -0.423. The summed E-state index contributed by atoms with van der Waals surface area (Å²) in [5, 5.41) is 11.4. The third kappa shape index (κ3) is 4.20. The highest BCUT2D eigenvalue weighted by Gasteiger charge is 2.34. The predicted molar refractivity (Wildman–Crippen MR) is 116 cm³/mol. The van der Waals surface area contributed by atoms with Gasteiger partial charge in [0.15, 0.2) is 5.17 Å². The highest BCUT2D eigenvalue weighted by atomic mass is 32.2. The number of nitro benzene ring substituents is 1. The van der Waals surface area contributed by atoms with Crippen LogP contribution >= 0.6 is 11.8 Å². The average Bonchev–Trinajstić information content (AvgIpc) is 2.75. The van der Waals surface area contributed by atoms with Crippen molar-refractivity contribution in [2.75, 3.05) is 4.90 Å². The number of non-ortho nitro benzene ring substituents is 1. The van der Waals surface area contributed by atoms with Gasteiger partial charge in [-0.05, 0) is 29.8 Å². The summed E-state index contributed by atoms with van der Waals surface area (Å²) < 4.78 is 0. The summed E-state index contributed by atoms with van der Waals surface area (Å²) in [6.45, 7) is 0. The lowest BCUT2D eigenvalue weighted by Gasteiger charge is -2.32. The molecule has 1 heterocycles. The van der Waals surface area contributed by atoms with E-state index in [1.165, 1.54) is 23.9 Å². The first-order valence-electron chi connectivity index (χ1n) is 9.04. The number of benzene rings is 3. The second-order valence-corrected chi connectivity index (χ2v) is 7.63. The Bertz CT molecular complexity index is 1070. The van der Waals surface area contributed by atoms with Gasteiger partial charge in [0.1, 0.15) is 0 Å². The molecule has 0 spiro atoms. The van der Waals surface area contributed by atoms with Crippen molar-refractivity contribution in [1.29, 1.82) is 0 Å². The number of amidine groups is 1. The summed E-state index contributed by atoms with van der Waals surface area (Å²) in [6, 6.07) is 25.3. The molecular formula is C22H17N3O3S. The van der Waals surface area contributed by atoms with Crippen molar-refractivity contribution in [2.45, 2.75) is 11.7 Å². The molecule has 1 atom stereocenters. The number of hydrogen-bond acceptors (Lipinski definition) is 5. The molecule has 0 N–H and O–H groups in total. The van der Waals surface area contributed by atoms with Crippen molar-refractivity contribution in [1.82, 2.24) is 0 Å². The number of anilines is 1. The molecule has 6 nitrogen and oxygen atoms in total. The highest BCUT2D eigenvalue weighted by Crippen LogP contribution is 2.42. The number of nitro groups is 1. The SMILES string of the molecule is O=C1C[C@@H](c2cccc([N+](=O)[O-])c2)SC(=Nc2ccccc2)N1c1ccccc1. The molecule has 3 aromatic carbocycles. The summed E-state index contributed by atoms with van der Waals surface area (Å²) >= 11 is 1.44. The zero-order valence-corrected chi connectivity index (χ0v) is 16.2. The van der Waals surface area contributed by atoms with E-state index in [0.717, 1.165) is 16.9 Å². The molecule has 1 aliphatic heterocycles. The molecule has 0 aliphatic carbocycles. The van der Waals surface area contributed by atoms with Crippen LogP contribution in [0.25, 0.3) is 0 Å². The Hall–Kier alpha value is -3.45. The van der Waals surface area contributed by atoms with E-state index in [2.05, 4.69) is 0 Å². The molecule has 144 valence electrons. The Labute approximate surface area is 172 Å². The Balaban J connectivity index is 1.74. The van der Waals surface area contributed by atoms with Crippen LogP contribution in [0, 0.1) is 10.1 Å². The summed E-state index contributed by atoms with van der Waals surface area (Å²) in [5.74, 6) is -0.0962. The van der Waals surface area contributed by atoms with Gasteiger partial charge < -0.3 is 0 Å². The molecule has 3 aromatic rings. The Morgan fingerprint density at radius 1 is 0.966 bits per heavy atom. The zero-order valence-electron chi connectivity index (χ0n) is 15.3. The van der Waals surface area contributed by atoms with Crippen LogP contribution in [0.4, 0.5) is 17.1 Å². The van der Waals surface area contributed by atoms with Crippen molar-refractivity contribution in [2.24, 2.45) is 4.99 Å². The maximum atomic E-state index is 13.1. The molecule has 0 radical (unpaired) electrons. The van der Waals surface area contributed by atoms with Crippen LogP contribution in [0.15, 0.2) is 89.9 Å². The molecule has 0 saturated carbocycles. The number of aliphatic imine (C=N–C) groups is 1. The number of para-hydroxylation sites is 2. The molecule has 4 rings (SSSR count). The topological polar surface area (TPSA) is 75.8 Å². The first kappa shape index (κ1) is 18.9. The van der Waals surface area contributed by atoms with Crippen molar-refractivity contribution in [3.8, 4) is 0 Å². The van der Waals surface area contributed by atoms with Crippen LogP contribution < -0.4 is 4.90 Å². The van der Waals surface area contributed by atoms with Gasteiger partial charge in [-0.3, -0.25) is 19.8 Å². The van der Waals surface area contributed by atoms with Gasteiger partial charge in [0.05, 0.1) is 16.3 Å². The molecule has 1 fully saturated rings. The maximum Gasteiger partial charge on any atom is 0.269 e. The average molecular weight is 403 g/mol. The van der Waals surface area contributed by atoms with Gasteiger partial charge in [-0.2, -0.15) is 0 Å². The predicted octanol–water partition coefficient (Wildman–Crippen LogP) is 5.49. The minimum Gasteiger partial charge on any atom is -0.274 e. The monoisotopic (exact) mass is 403 g/mol. The number of nitrogens with zero attached hydrogens (tertiary/aromatic N) is 3. The quantitative estimate of drug-likeness (QED) is 0.426. The van der Waals surface area contributed by atoms with Gasteiger partial charge in [0, 0.05) is 23.8 Å². The number of thioether (sulfide) groups is 1. The largest absolute Gasteiger partial charge is 0.274 e. The molecule has 0 unspecified atom stereocenters. The lowest BCUT2D eigenvalue weighted by molar-refractivity contribution is -0.384. The second kappa shape index (κ2) is 8.28. The molecule has 7 heteroatoms. The van der Waals surface area contributed by atoms with Crippen LogP contribution in [-0.4, -0.2) is 16.0 Å². The number of amides is 1. The zero-order chi connectivity index (χ0) is 20.2. The van der Waals surface area contributed by atoms with E-state index in [1.807, 2.05) is 66.7 Å². The lowest BCUT2D eigenvalue weighted by atomic mass is 10.1. The van der Waals surface area contributed by atoms with E-state index in [1.54, 1.807) is 11.0 Å². The summed E-state index contributed by atoms with van der Waals surface area (Å²) in [7, 11) is 0. The second-order valence-electron chi connectivity index (χ2n) is 6.46. The van der Waals surface area contributed by atoms with Gasteiger partial charge in [0.25, 0.3) is 5.69 Å². The van der Waals surface area contributed by atoms with Gasteiger partial charge in [-0.25, -0.2) is 4.99 Å². The fourth-order valence-corrected chi connectivity index (χ4v) is 4.36. The van der Waals surface area contributed by atoms with Crippen molar-refractivity contribution < 1.29 is 9.72 Å². The van der Waals surface area contributed by atoms with Crippen molar-refractivity contribution in [3.63, 3.8) is 0 Å². The van der Waals surface area contributed by atoms with E-state index in [0.29, 0.717) is 5.17 Å². The minimum absolute atomic E-state index is 0.0163. The first-order valence-corrected chi connectivity index (χ1v) is 9.92. The van der Waals surface area contributed by atoms with Crippen molar-refractivity contribution >= 4 is 39.9 Å². The fourth-order valence-electron chi connectivity index (χ4n) is 3.12. The Kier molecular flexibility index (Phi) is 5.39. The normalized spacial score (nSPS) is 18.1. The third-order valence-corrected chi connectivity index (χ3v) is 5.70. The van der Waals surface area contributed by atoms with Crippen LogP contribution in [0.1, 0.15) is 17.2 Å². The molecule has 0 aromatic heterocycles. The molecule has 1 aliphatic rings. The molecule has 1 amide bonds. The summed E-state index contributed by atoms with van der Waals surface area (Å²) in [4.78, 5) is 30.1. The van der Waals surface area contributed by atoms with E-state index in [-0.39, 0.29) is 23.3 Å². The number of hydrogen-bond donors (Lipinski definition) is 0. The highest BCUT2D eigenvalue weighted by molar-refractivity contribution is 8.14.